The van der Waals surface area contributed by atoms with E-state index in [1.807, 2.05) is 42.5 Å². The number of hydrogen-bond donors (Lipinski definition) is 1. The third-order valence-electron chi connectivity index (χ3n) is 3.83. The Bertz CT molecular complexity index is 800. The monoisotopic (exact) mass is 336 g/mol. The molecule has 0 aromatic heterocycles. The molecule has 1 N–H and O–H groups in total. The van der Waals surface area contributed by atoms with Crippen LogP contribution in [-0.2, 0) is 13.2 Å². The molecule has 3 heteroatoms. The van der Waals surface area contributed by atoms with Crippen LogP contribution in [0.1, 0.15) is 16.7 Å². The predicted molar refractivity (Wildman–Crippen MR) is 102 cm³/mol. The summed E-state index contributed by atoms with van der Waals surface area (Å²) in [5, 5.41) is 11.9. The van der Waals surface area contributed by atoms with Crippen molar-refractivity contribution in [3.63, 3.8) is 0 Å². The summed E-state index contributed by atoms with van der Waals surface area (Å²) in [5.41, 5.74) is 3.35. The molecule has 0 bridgehead atoms. The van der Waals surface area contributed by atoms with Crippen LogP contribution in [-0.4, -0.2) is 5.11 Å². The van der Waals surface area contributed by atoms with Crippen LogP contribution in [0.25, 0.3) is 0 Å². The van der Waals surface area contributed by atoms with Gasteiger partial charge < -0.3 is 9.84 Å². The van der Waals surface area contributed by atoms with Gasteiger partial charge in [-0.3, -0.25) is 0 Å². The van der Waals surface area contributed by atoms with E-state index < -0.39 is 0 Å². The van der Waals surface area contributed by atoms with Gasteiger partial charge in [0.2, 0.25) is 0 Å². The van der Waals surface area contributed by atoms with Crippen molar-refractivity contribution in [1.82, 2.24) is 0 Å². The Morgan fingerprint density at radius 1 is 0.875 bits per heavy atom. The molecule has 2 nitrogen and oxygen atoms in total. The summed E-state index contributed by atoms with van der Waals surface area (Å²) in [5.74, 6) is 0.913. The van der Waals surface area contributed by atoms with Gasteiger partial charge >= 0.3 is 0 Å². The Morgan fingerprint density at radius 2 is 1.62 bits per heavy atom. The lowest BCUT2D eigenvalue weighted by Gasteiger charge is -2.14. The summed E-state index contributed by atoms with van der Waals surface area (Å²) >= 11 is 0. The highest BCUT2D eigenvalue weighted by Crippen LogP contribution is 2.23. The van der Waals surface area contributed by atoms with E-state index in [-0.39, 0.29) is 6.61 Å². The van der Waals surface area contributed by atoms with E-state index in [0.717, 1.165) is 22.2 Å². The van der Waals surface area contributed by atoms with Gasteiger partial charge in [0.05, 0.1) is 6.61 Å². The quantitative estimate of drug-likeness (QED) is 0.696. The molecule has 3 rings (SSSR count). The SMILES string of the molecule is Cc1ccc(OCc2ccccc2)c(Pc2ccccc2CO)c1. The molecule has 0 spiro atoms. The fraction of sp³-hybridized carbons (Fsp3) is 0.143. The van der Waals surface area contributed by atoms with Crippen molar-refractivity contribution >= 4 is 19.2 Å². The number of hydrogen-bond acceptors (Lipinski definition) is 2. The molecule has 3 aromatic carbocycles. The van der Waals surface area contributed by atoms with Crippen molar-refractivity contribution < 1.29 is 9.84 Å². The zero-order valence-corrected chi connectivity index (χ0v) is 14.7. The van der Waals surface area contributed by atoms with Gasteiger partial charge in [0, 0.05) is 5.30 Å². The van der Waals surface area contributed by atoms with Gasteiger partial charge in [-0.25, -0.2) is 0 Å². The van der Waals surface area contributed by atoms with Gasteiger partial charge in [-0.1, -0.05) is 74.8 Å². The fourth-order valence-corrected chi connectivity index (χ4v) is 3.90. The van der Waals surface area contributed by atoms with E-state index in [1.165, 1.54) is 10.9 Å². The Kier molecular flexibility index (Phi) is 5.63. The van der Waals surface area contributed by atoms with Crippen molar-refractivity contribution in [2.45, 2.75) is 20.1 Å². The van der Waals surface area contributed by atoms with E-state index in [2.05, 4.69) is 37.3 Å². The van der Waals surface area contributed by atoms with Crippen molar-refractivity contribution in [3.8, 4) is 5.75 Å². The van der Waals surface area contributed by atoms with Crippen molar-refractivity contribution in [3.05, 3.63) is 89.5 Å². The Labute approximate surface area is 144 Å². The smallest absolute Gasteiger partial charge is 0.127 e. The average Bonchev–Trinajstić information content (AvgIpc) is 2.62. The van der Waals surface area contributed by atoms with Crippen LogP contribution < -0.4 is 15.3 Å². The van der Waals surface area contributed by atoms with Crippen molar-refractivity contribution in [2.24, 2.45) is 0 Å². The van der Waals surface area contributed by atoms with Crippen LogP contribution in [0, 0.1) is 6.92 Å². The van der Waals surface area contributed by atoms with Crippen LogP contribution in [0.4, 0.5) is 0 Å². The number of ether oxygens (including phenoxy) is 1. The summed E-state index contributed by atoms with van der Waals surface area (Å²) in [6, 6.07) is 24.5. The molecule has 0 fully saturated rings. The van der Waals surface area contributed by atoms with E-state index in [9.17, 15) is 5.11 Å². The number of rotatable bonds is 6. The summed E-state index contributed by atoms with van der Waals surface area (Å²) in [4.78, 5) is 0. The maximum Gasteiger partial charge on any atom is 0.127 e. The summed E-state index contributed by atoms with van der Waals surface area (Å²) in [7, 11) is 0.460. The minimum atomic E-state index is 0.0647. The maximum absolute atomic E-state index is 9.55. The van der Waals surface area contributed by atoms with Gasteiger partial charge in [-0.15, -0.1) is 0 Å². The predicted octanol–water partition coefficient (Wildman–Crippen LogP) is 3.70. The van der Waals surface area contributed by atoms with Gasteiger partial charge in [-0.05, 0) is 35.5 Å². The van der Waals surface area contributed by atoms with E-state index in [1.54, 1.807) is 0 Å². The topological polar surface area (TPSA) is 29.5 Å². The minimum Gasteiger partial charge on any atom is -0.488 e. The Morgan fingerprint density at radius 3 is 2.42 bits per heavy atom. The molecule has 0 aliphatic rings. The molecule has 3 aromatic rings. The number of aryl methyl sites for hydroxylation is 1. The zero-order valence-electron chi connectivity index (χ0n) is 13.7. The first-order chi connectivity index (χ1) is 11.8. The second kappa shape index (κ2) is 8.10. The summed E-state index contributed by atoms with van der Waals surface area (Å²) in [6.45, 7) is 2.71. The first-order valence-electron chi connectivity index (χ1n) is 7.99. The lowest BCUT2D eigenvalue weighted by atomic mass is 10.2. The molecule has 0 amide bonds. The zero-order chi connectivity index (χ0) is 16.8. The molecule has 0 heterocycles. The average molecular weight is 336 g/mol. The highest BCUT2D eigenvalue weighted by Gasteiger charge is 2.08. The van der Waals surface area contributed by atoms with E-state index in [4.69, 9.17) is 4.74 Å². The van der Waals surface area contributed by atoms with Crippen molar-refractivity contribution in [1.29, 1.82) is 0 Å². The molecular weight excluding hydrogens is 315 g/mol. The first-order valence-corrected chi connectivity index (χ1v) is 8.99. The molecule has 1 unspecified atom stereocenters. The number of aliphatic hydroxyl groups is 1. The van der Waals surface area contributed by atoms with Crippen LogP contribution in [0.3, 0.4) is 0 Å². The second-order valence-electron chi connectivity index (χ2n) is 5.71. The molecule has 122 valence electrons. The highest BCUT2D eigenvalue weighted by molar-refractivity contribution is 7.55. The van der Waals surface area contributed by atoms with Crippen LogP contribution in [0.15, 0.2) is 72.8 Å². The third-order valence-corrected chi connectivity index (χ3v) is 5.25. The first kappa shape index (κ1) is 16.7. The molecule has 0 radical (unpaired) electrons. The van der Waals surface area contributed by atoms with E-state index >= 15 is 0 Å². The van der Waals surface area contributed by atoms with Crippen molar-refractivity contribution in [2.75, 3.05) is 0 Å². The molecule has 0 aliphatic carbocycles. The minimum absolute atomic E-state index is 0.0647. The van der Waals surface area contributed by atoms with E-state index in [0.29, 0.717) is 15.2 Å². The largest absolute Gasteiger partial charge is 0.488 e. The van der Waals surface area contributed by atoms with Crippen LogP contribution >= 0.6 is 8.58 Å². The lowest BCUT2D eigenvalue weighted by molar-refractivity contribution is 0.283. The fourth-order valence-electron chi connectivity index (χ4n) is 2.53. The van der Waals surface area contributed by atoms with Crippen LogP contribution in [0.2, 0.25) is 0 Å². The molecule has 1 atom stereocenters. The molecular formula is C21H21O2P. The number of benzene rings is 3. The van der Waals surface area contributed by atoms with Gasteiger partial charge in [0.15, 0.2) is 0 Å². The number of aliphatic hydroxyl groups excluding tert-OH is 1. The lowest BCUT2D eigenvalue weighted by Crippen LogP contribution is -2.12. The van der Waals surface area contributed by atoms with Crippen LogP contribution in [0.5, 0.6) is 5.75 Å². The third kappa shape index (κ3) is 4.23. The Hall–Kier alpha value is -2.15. The Balaban J connectivity index is 1.83. The van der Waals surface area contributed by atoms with Gasteiger partial charge in [0.1, 0.15) is 12.4 Å². The molecule has 0 aliphatic heterocycles. The maximum atomic E-state index is 9.55. The van der Waals surface area contributed by atoms with Gasteiger partial charge in [0.25, 0.3) is 0 Å². The highest BCUT2D eigenvalue weighted by atomic mass is 31.1. The standard InChI is InChI=1S/C21H21O2P/c1-16-11-12-19(23-15-17-7-3-2-4-8-17)21(13-16)24-20-10-6-5-9-18(20)14-22/h2-13,22,24H,14-15H2,1H3. The summed E-state index contributed by atoms with van der Waals surface area (Å²) in [6.07, 6.45) is 0. The van der Waals surface area contributed by atoms with Gasteiger partial charge in [-0.2, -0.15) is 0 Å². The summed E-state index contributed by atoms with van der Waals surface area (Å²) < 4.78 is 6.07. The molecule has 0 saturated heterocycles. The normalized spacial score (nSPS) is 11.1. The molecule has 0 saturated carbocycles. The molecule has 24 heavy (non-hydrogen) atoms. The second-order valence-corrected chi connectivity index (χ2v) is 7.04.